The highest BCUT2D eigenvalue weighted by Crippen LogP contribution is 2.17. The van der Waals surface area contributed by atoms with E-state index in [1.807, 2.05) is 42.6 Å². The van der Waals surface area contributed by atoms with E-state index in [-0.39, 0.29) is 12.3 Å². The molecule has 1 aliphatic rings. The quantitative estimate of drug-likeness (QED) is 0.626. The van der Waals surface area contributed by atoms with Crippen LogP contribution in [-0.4, -0.2) is 35.5 Å². The molecule has 0 bridgehead atoms. The van der Waals surface area contributed by atoms with Crippen molar-refractivity contribution in [1.82, 2.24) is 9.78 Å². The van der Waals surface area contributed by atoms with Crippen LogP contribution in [0.3, 0.4) is 0 Å². The fraction of sp³-hybridized carbons (Fsp3) is 0.261. The number of nitrogens with zero attached hydrogens (tertiary/aromatic N) is 3. The van der Waals surface area contributed by atoms with Gasteiger partial charge in [0.15, 0.2) is 5.82 Å². The maximum atomic E-state index is 12.3. The number of ether oxygens (including phenoxy) is 2. The second-order valence-electron chi connectivity index (χ2n) is 7.29. The van der Waals surface area contributed by atoms with Crippen LogP contribution in [0.5, 0.6) is 5.75 Å². The van der Waals surface area contributed by atoms with E-state index in [0.29, 0.717) is 30.5 Å². The van der Waals surface area contributed by atoms with Gasteiger partial charge in [0.2, 0.25) is 5.91 Å². The lowest BCUT2D eigenvalue weighted by Gasteiger charge is -2.25. The number of nitrogens with one attached hydrogen (secondary N) is 1. The molecule has 0 saturated carbocycles. The molecule has 0 atom stereocenters. The first-order valence-electron chi connectivity index (χ1n) is 9.80. The van der Waals surface area contributed by atoms with Crippen molar-refractivity contribution in [3.8, 4) is 11.8 Å². The minimum atomic E-state index is -0.126. The molecule has 1 amide bonds. The Morgan fingerprint density at radius 1 is 1.13 bits per heavy atom. The van der Waals surface area contributed by atoms with Gasteiger partial charge in [0, 0.05) is 18.2 Å². The highest BCUT2D eigenvalue weighted by molar-refractivity contribution is 5.91. The number of hydrogen-bond donors (Lipinski definition) is 1. The van der Waals surface area contributed by atoms with Crippen molar-refractivity contribution in [3.63, 3.8) is 0 Å². The molecule has 0 aliphatic carbocycles. The number of benzene rings is 2. The smallest absolute Gasteiger partial charge is 0.229 e. The Kier molecular flexibility index (Phi) is 6.06. The third kappa shape index (κ3) is 5.25. The molecule has 3 aromatic rings. The molecule has 0 radical (unpaired) electrons. The zero-order chi connectivity index (χ0) is 20.8. The summed E-state index contributed by atoms with van der Waals surface area (Å²) in [6.07, 6.45) is 2.08. The van der Waals surface area contributed by atoms with E-state index in [2.05, 4.69) is 16.5 Å². The van der Waals surface area contributed by atoms with Crippen LogP contribution in [0.25, 0.3) is 0 Å². The SMILES string of the molecule is N#Cc1ccc(Cn2ccc(NC(=O)Cc3ccc(OCC4COC4)cc3)n2)cc1. The van der Waals surface area contributed by atoms with E-state index in [1.165, 1.54) is 0 Å². The van der Waals surface area contributed by atoms with Gasteiger partial charge < -0.3 is 14.8 Å². The summed E-state index contributed by atoms with van der Waals surface area (Å²) in [6.45, 7) is 2.75. The number of amides is 1. The fourth-order valence-electron chi connectivity index (χ4n) is 3.06. The van der Waals surface area contributed by atoms with E-state index in [9.17, 15) is 4.79 Å². The first-order valence-corrected chi connectivity index (χ1v) is 9.80. The number of hydrogen-bond acceptors (Lipinski definition) is 5. The summed E-state index contributed by atoms with van der Waals surface area (Å²) in [5.41, 5.74) is 2.56. The molecule has 1 N–H and O–H groups in total. The molecule has 1 fully saturated rings. The van der Waals surface area contributed by atoms with E-state index in [1.54, 1.807) is 22.9 Å². The molecular weight excluding hydrogens is 380 g/mol. The van der Waals surface area contributed by atoms with Gasteiger partial charge >= 0.3 is 0 Å². The zero-order valence-electron chi connectivity index (χ0n) is 16.5. The van der Waals surface area contributed by atoms with Crippen LogP contribution in [0.4, 0.5) is 5.82 Å². The monoisotopic (exact) mass is 402 g/mol. The second-order valence-corrected chi connectivity index (χ2v) is 7.29. The van der Waals surface area contributed by atoms with Crippen LogP contribution in [0.1, 0.15) is 16.7 Å². The number of carbonyl (C=O) groups is 1. The molecule has 1 aliphatic heterocycles. The lowest BCUT2D eigenvalue weighted by atomic mass is 10.1. The van der Waals surface area contributed by atoms with E-state index >= 15 is 0 Å². The topological polar surface area (TPSA) is 89.2 Å². The molecule has 30 heavy (non-hydrogen) atoms. The van der Waals surface area contributed by atoms with Gasteiger partial charge in [-0.25, -0.2) is 0 Å². The molecule has 152 valence electrons. The average molecular weight is 402 g/mol. The highest BCUT2D eigenvalue weighted by atomic mass is 16.5. The Balaban J connectivity index is 1.26. The number of anilines is 1. The minimum Gasteiger partial charge on any atom is -0.493 e. The fourth-order valence-corrected chi connectivity index (χ4v) is 3.06. The van der Waals surface area contributed by atoms with Crippen molar-refractivity contribution in [1.29, 1.82) is 5.26 Å². The Morgan fingerprint density at radius 2 is 1.87 bits per heavy atom. The maximum Gasteiger partial charge on any atom is 0.229 e. The maximum absolute atomic E-state index is 12.3. The van der Waals surface area contributed by atoms with Crippen molar-refractivity contribution >= 4 is 11.7 Å². The molecule has 0 unspecified atom stereocenters. The summed E-state index contributed by atoms with van der Waals surface area (Å²) < 4.78 is 12.6. The molecular formula is C23H22N4O3. The van der Waals surface area contributed by atoms with Gasteiger partial charge in [-0.3, -0.25) is 9.48 Å². The second kappa shape index (κ2) is 9.25. The molecule has 2 aromatic carbocycles. The van der Waals surface area contributed by atoms with E-state index < -0.39 is 0 Å². The van der Waals surface area contributed by atoms with Gasteiger partial charge in [-0.2, -0.15) is 10.4 Å². The van der Waals surface area contributed by atoms with Crippen LogP contribution in [0.15, 0.2) is 60.8 Å². The van der Waals surface area contributed by atoms with Crippen molar-refractivity contribution in [2.75, 3.05) is 25.1 Å². The Morgan fingerprint density at radius 3 is 2.53 bits per heavy atom. The minimum absolute atomic E-state index is 0.126. The Labute approximate surface area is 174 Å². The van der Waals surface area contributed by atoms with Crippen molar-refractivity contribution in [2.45, 2.75) is 13.0 Å². The lowest BCUT2D eigenvalue weighted by molar-refractivity contribution is -0.115. The van der Waals surface area contributed by atoms with Crippen LogP contribution >= 0.6 is 0 Å². The highest BCUT2D eigenvalue weighted by Gasteiger charge is 2.18. The van der Waals surface area contributed by atoms with Gasteiger partial charge in [0.25, 0.3) is 0 Å². The summed E-state index contributed by atoms with van der Waals surface area (Å²) in [7, 11) is 0. The third-order valence-corrected chi connectivity index (χ3v) is 4.82. The normalized spacial score (nSPS) is 13.3. The van der Waals surface area contributed by atoms with Crippen molar-refractivity contribution < 1.29 is 14.3 Å². The Bertz CT molecular complexity index is 1030. The molecule has 7 nitrogen and oxygen atoms in total. The first kappa shape index (κ1) is 19.7. The Hall–Kier alpha value is -3.63. The predicted octanol–water partition coefficient (Wildman–Crippen LogP) is 3.01. The summed E-state index contributed by atoms with van der Waals surface area (Å²) in [5.74, 6) is 1.66. The van der Waals surface area contributed by atoms with Gasteiger partial charge in [0.1, 0.15) is 5.75 Å². The van der Waals surface area contributed by atoms with Gasteiger partial charge in [0.05, 0.1) is 44.4 Å². The molecule has 1 aromatic heterocycles. The first-order chi connectivity index (χ1) is 14.7. The molecule has 4 rings (SSSR count). The molecule has 2 heterocycles. The number of aromatic nitrogens is 2. The van der Waals surface area contributed by atoms with Crippen LogP contribution < -0.4 is 10.1 Å². The van der Waals surface area contributed by atoms with E-state index in [4.69, 9.17) is 14.7 Å². The molecule has 7 heteroatoms. The van der Waals surface area contributed by atoms with Gasteiger partial charge in [-0.05, 0) is 35.4 Å². The van der Waals surface area contributed by atoms with Crippen LogP contribution in [0, 0.1) is 17.2 Å². The average Bonchev–Trinajstić information content (AvgIpc) is 3.15. The third-order valence-electron chi connectivity index (χ3n) is 4.82. The number of rotatable bonds is 8. The van der Waals surface area contributed by atoms with Gasteiger partial charge in [-0.15, -0.1) is 0 Å². The van der Waals surface area contributed by atoms with Crippen LogP contribution in [-0.2, 0) is 22.5 Å². The summed E-state index contributed by atoms with van der Waals surface area (Å²) in [6, 6.07) is 18.8. The van der Waals surface area contributed by atoms with Crippen molar-refractivity contribution in [2.24, 2.45) is 5.92 Å². The standard InChI is InChI=1S/C23H22N4O3/c24-12-18-1-3-19(4-2-18)13-27-10-9-22(26-27)25-23(28)11-17-5-7-21(8-6-17)30-16-20-14-29-15-20/h1-10,20H,11,13-16H2,(H,25,26,28). The molecule has 0 spiro atoms. The van der Waals surface area contributed by atoms with Crippen molar-refractivity contribution in [3.05, 3.63) is 77.5 Å². The number of carbonyl (C=O) groups excluding carboxylic acids is 1. The summed E-state index contributed by atoms with van der Waals surface area (Å²) in [5, 5.41) is 16.1. The molecule has 1 saturated heterocycles. The summed E-state index contributed by atoms with van der Waals surface area (Å²) >= 11 is 0. The number of nitriles is 1. The van der Waals surface area contributed by atoms with Gasteiger partial charge in [-0.1, -0.05) is 24.3 Å². The predicted molar refractivity (Wildman–Crippen MR) is 111 cm³/mol. The zero-order valence-corrected chi connectivity index (χ0v) is 16.5. The van der Waals surface area contributed by atoms with E-state index in [0.717, 1.165) is 30.1 Å². The lowest BCUT2D eigenvalue weighted by Crippen LogP contribution is -2.32. The van der Waals surface area contributed by atoms with Crippen LogP contribution in [0.2, 0.25) is 0 Å². The summed E-state index contributed by atoms with van der Waals surface area (Å²) in [4.78, 5) is 12.3. The largest absolute Gasteiger partial charge is 0.493 e.